The molecule has 21 heavy (non-hydrogen) atoms. The first-order valence-corrected chi connectivity index (χ1v) is 7.60. The van der Waals surface area contributed by atoms with Crippen LogP contribution in [0, 0.1) is 6.92 Å². The van der Waals surface area contributed by atoms with Crippen molar-refractivity contribution in [3.05, 3.63) is 65.2 Å². The predicted molar refractivity (Wildman–Crippen MR) is 86.5 cm³/mol. The lowest BCUT2D eigenvalue weighted by molar-refractivity contribution is -0.0762. The third kappa shape index (κ3) is 4.91. The minimum atomic E-state index is -0.263. The van der Waals surface area contributed by atoms with Crippen LogP contribution in [-0.2, 0) is 17.8 Å². The zero-order chi connectivity index (χ0) is 15.1. The van der Waals surface area contributed by atoms with E-state index in [9.17, 15) is 0 Å². The van der Waals surface area contributed by atoms with Crippen molar-refractivity contribution in [1.82, 2.24) is 0 Å². The number of hydrogen-bond donors (Lipinski definition) is 0. The van der Waals surface area contributed by atoms with E-state index in [0.29, 0.717) is 6.61 Å². The van der Waals surface area contributed by atoms with Gasteiger partial charge in [0.05, 0.1) is 6.61 Å². The Morgan fingerprint density at radius 1 is 1.00 bits per heavy atom. The van der Waals surface area contributed by atoms with Gasteiger partial charge in [-0.1, -0.05) is 55.8 Å². The van der Waals surface area contributed by atoms with Crippen molar-refractivity contribution >= 4 is 0 Å². The average Bonchev–Trinajstić information content (AvgIpc) is 2.49. The van der Waals surface area contributed by atoms with Gasteiger partial charge >= 0.3 is 0 Å². The number of ether oxygens (including phenoxy) is 2. The Bertz CT molecular complexity index is 549. The van der Waals surface area contributed by atoms with E-state index in [1.807, 2.05) is 31.2 Å². The van der Waals surface area contributed by atoms with Crippen molar-refractivity contribution in [2.24, 2.45) is 0 Å². The molecular formula is C19H24O2. The smallest absolute Gasteiger partial charge is 0.197 e. The van der Waals surface area contributed by atoms with Crippen LogP contribution in [-0.4, -0.2) is 6.29 Å². The summed E-state index contributed by atoms with van der Waals surface area (Å²) in [5, 5.41) is 0. The van der Waals surface area contributed by atoms with Crippen LogP contribution >= 0.6 is 0 Å². The molecule has 2 aromatic rings. The van der Waals surface area contributed by atoms with Gasteiger partial charge < -0.3 is 9.47 Å². The second kappa shape index (κ2) is 7.84. The fraction of sp³-hybridized carbons (Fsp3) is 0.368. The maximum Gasteiger partial charge on any atom is 0.197 e. The van der Waals surface area contributed by atoms with E-state index in [2.05, 4.69) is 38.1 Å². The fourth-order valence-electron chi connectivity index (χ4n) is 2.29. The molecule has 1 atom stereocenters. The van der Waals surface area contributed by atoms with Gasteiger partial charge in [-0.15, -0.1) is 0 Å². The minimum absolute atomic E-state index is 0.263. The minimum Gasteiger partial charge on any atom is -0.465 e. The third-order valence-corrected chi connectivity index (χ3v) is 3.40. The largest absolute Gasteiger partial charge is 0.465 e. The molecule has 2 aromatic carbocycles. The maximum atomic E-state index is 5.88. The van der Waals surface area contributed by atoms with Gasteiger partial charge in [-0.25, -0.2) is 0 Å². The van der Waals surface area contributed by atoms with Gasteiger partial charge in [0.25, 0.3) is 0 Å². The Kier molecular flexibility index (Phi) is 5.82. The highest BCUT2D eigenvalue weighted by atomic mass is 16.7. The van der Waals surface area contributed by atoms with E-state index in [1.165, 1.54) is 5.56 Å². The lowest BCUT2D eigenvalue weighted by Crippen LogP contribution is -2.16. The third-order valence-electron chi connectivity index (χ3n) is 3.40. The second-order valence-corrected chi connectivity index (χ2v) is 5.33. The molecule has 1 unspecified atom stereocenters. The summed E-state index contributed by atoms with van der Waals surface area (Å²) in [6, 6.07) is 16.5. The molecule has 0 radical (unpaired) electrons. The molecular weight excluding hydrogens is 260 g/mol. The number of rotatable bonds is 7. The van der Waals surface area contributed by atoms with Crippen LogP contribution in [0.5, 0.6) is 5.75 Å². The van der Waals surface area contributed by atoms with Crippen LogP contribution in [0.3, 0.4) is 0 Å². The first kappa shape index (κ1) is 15.6. The average molecular weight is 284 g/mol. The molecule has 0 aliphatic carbocycles. The summed E-state index contributed by atoms with van der Waals surface area (Å²) in [5.41, 5.74) is 3.68. The van der Waals surface area contributed by atoms with Gasteiger partial charge in [-0.05, 0) is 43.0 Å². The van der Waals surface area contributed by atoms with Crippen molar-refractivity contribution in [2.45, 2.75) is 46.5 Å². The summed E-state index contributed by atoms with van der Waals surface area (Å²) in [7, 11) is 0. The molecule has 0 bridgehead atoms. The summed E-state index contributed by atoms with van der Waals surface area (Å²) in [6.07, 6.45) is 2.01. The van der Waals surface area contributed by atoms with E-state index < -0.39 is 0 Å². The van der Waals surface area contributed by atoms with E-state index in [4.69, 9.17) is 9.47 Å². The first-order valence-electron chi connectivity index (χ1n) is 7.60. The quantitative estimate of drug-likeness (QED) is 0.674. The molecule has 0 aliphatic rings. The Morgan fingerprint density at radius 3 is 2.43 bits per heavy atom. The van der Waals surface area contributed by atoms with Gasteiger partial charge in [0.15, 0.2) is 6.29 Å². The van der Waals surface area contributed by atoms with Gasteiger partial charge in [0.2, 0.25) is 0 Å². The molecule has 2 nitrogen and oxygen atoms in total. The first-order chi connectivity index (χ1) is 10.2. The summed E-state index contributed by atoms with van der Waals surface area (Å²) >= 11 is 0. The van der Waals surface area contributed by atoms with Gasteiger partial charge in [-0.2, -0.15) is 0 Å². The molecule has 0 saturated heterocycles. The van der Waals surface area contributed by atoms with Crippen molar-refractivity contribution in [3.63, 3.8) is 0 Å². The molecule has 0 heterocycles. The lowest BCUT2D eigenvalue weighted by Gasteiger charge is -2.17. The van der Waals surface area contributed by atoms with Crippen LogP contribution in [0.1, 0.15) is 37.0 Å². The summed E-state index contributed by atoms with van der Waals surface area (Å²) in [4.78, 5) is 0. The topological polar surface area (TPSA) is 18.5 Å². The van der Waals surface area contributed by atoms with Crippen molar-refractivity contribution in [1.29, 1.82) is 0 Å². The highest BCUT2D eigenvalue weighted by Crippen LogP contribution is 2.21. The van der Waals surface area contributed by atoms with E-state index >= 15 is 0 Å². The summed E-state index contributed by atoms with van der Waals surface area (Å²) in [5.74, 6) is 0.899. The Labute approximate surface area is 127 Å². The fourth-order valence-corrected chi connectivity index (χ4v) is 2.29. The SMILES string of the molecule is CCCc1ccc(OC(C)OCc2ccccc2)c(C)c1. The zero-order valence-corrected chi connectivity index (χ0v) is 13.1. The molecule has 0 fully saturated rings. The highest BCUT2D eigenvalue weighted by Gasteiger charge is 2.07. The monoisotopic (exact) mass is 284 g/mol. The van der Waals surface area contributed by atoms with Crippen molar-refractivity contribution in [3.8, 4) is 5.75 Å². The Balaban J connectivity index is 1.89. The molecule has 2 heteroatoms. The molecule has 112 valence electrons. The number of hydrogen-bond acceptors (Lipinski definition) is 2. The van der Waals surface area contributed by atoms with Crippen molar-refractivity contribution in [2.75, 3.05) is 0 Å². The van der Waals surface area contributed by atoms with Crippen LogP contribution < -0.4 is 4.74 Å². The summed E-state index contributed by atoms with van der Waals surface area (Å²) in [6.45, 7) is 6.77. The van der Waals surface area contributed by atoms with Crippen LogP contribution in [0.15, 0.2) is 48.5 Å². The number of benzene rings is 2. The molecule has 0 aromatic heterocycles. The van der Waals surface area contributed by atoms with Crippen LogP contribution in [0.4, 0.5) is 0 Å². The van der Waals surface area contributed by atoms with E-state index in [1.54, 1.807) is 0 Å². The molecule has 0 spiro atoms. The molecule has 2 rings (SSSR count). The summed E-state index contributed by atoms with van der Waals surface area (Å²) < 4.78 is 11.6. The van der Waals surface area contributed by atoms with Gasteiger partial charge in [0.1, 0.15) is 5.75 Å². The molecule has 0 saturated carbocycles. The number of aryl methyl sites for hydroxylation is 2. The van der Waals surface area contributed by atoms with Crippen molar-refractivity contribution < 1.29 is 9.47 Å². The Hall–Kier alpha value is -1.80. The zero-order valence-electron chi connectivity index (χ0n) is 13.1. The lowest BCUT2D eigenvalue weighted by atomic mass is 10.1. The van der Waals surface area contributed by atoms with Gasteiger partial charge in [0, 0.05) is 0 Å². The highest BCUT2D eigenvalue weighted by molar-refractivity contribution is 5.36. The van der Waals surface area contributed by atoms with Gasteiger partial charge in [-0.3, -0.25) is 0 Å². The van der Waals surface area contributed by atoms with E-state index in [-0.39, 0.29) is 6.29 Å². The predicted octanol–water partition coefficient (Wildman–Crippen LogP) is 4.89. The molecule has 0 amide bonds. The van der Waals surface area contributed by atoms with Crippen LogP contribution in [0.25, 0.3) is 0 Å². The Morgan fingerprint density at radius 2 is 1.76 bits per heavy atom. The second-order valence-electron chi connectivity index (χ2n) is 5.33. The molecule has 0 aliphatic heterocycles. The van der Waals surface area contributed by atoms with E-state index in [0.717, 1.165) is 29.7 Å². The standard InChI is InChI=1S/C19H24O2/c1-4-8-17-11-12-19(15(2)13-17)21-16(3)20-14-18-9-6-5-7-10-18/h5-7,9-13,16H,4,8,14H2,1-3H3. The molecule has 0 N–H and O–H groups in total. The normalized spacial score (nSPS) is 12.1. The maximum absolute atomic E-state index is 5.88. The van der Waals surface area contributed by atoms with Crippen LogP contribution in [0.2, 0.25) is 0 Å².